The number of nitrogens with one attached hydrogen (secondary N) is 1. The predicted molar refractivity (Wildman–Crippen MR) is 66.5 cm³/mol. The van der Waals surface area contributed by atoms with E-state index in [-0.39, 0.29) is 5.75 Å². The van der Waals surface area contributed by atoms with Crippen molar-refractivity contribution in [2.45, 2.75) is 32.7 Å². The Labute approximate surface area is 107 Å². The average Bonchev–Trinajstić information content (AvgIpc) is 2.64. The number of nitrogens with zero attached hydrogens (tertiary/aromatic N) is 1. The van der Waals surface area contributed by atoms with Gasteiger partial charge in [-0.1, -0.05) is 0 Å². The van der Waals surface area contributed by atoms with Crippen LogP contribution in [0.5, 0.6) is 0 Å². The standard InChI is InChI=1S/C10H17ClN2O3S/c1-8-7-12-10(16-8)9(2)13-17(14,15)6-4-3-5-11/h7,9,13H,3-6H2,1-2H3. The summed E-state index contributed by atoms with van der Waals surface area (Å²) in [6.07, 6.45) is 2.80. The summed E-state index contributed by atoms with van der Waals surface area (Å²) in [5.41, 5.74) is 0. The first-order valence-corrected chi connectivity index (χ1v) is 7.61. The molecule has 7 heteroatoms. The van der Waals surface area contributed by atoms with E-state index in [9.17, 15) is 8.42 Å². The molecule has 0 bridgehead atoms. The van der Waals surface area contributed by atoms with Crippen molar-refractivity contribution in [1.29, 1.82) is 0 Å². The molecule has 1 aromatic heterocycles. The summed E-state index contributed by atoms with van der Waals surface area (Å²) in [5.74, 6) is 1.59. The minimum absolute atomic E-state index is 0.0732. The Hall–Kier alpha value is -0.590. The van der Waals surface area contributed by atoms with Gasteiger partial charge in [0.1, 0.15) is 5.76 Å². The summed E-state index contributed by atoms with van der Waals surface area (Å²) >= 11 is 5.49. The molecule has 0 saturated heterocycles. The molecule has 5 nitrogen and oxygen atoms in total. The molecule has 0 amide bonds. The third kappa shape index (κ3) is 5.06. The first-order valence-electron chi connectivity index (χ1n) is 5.43. The van der Waals surface area contributed by atoms with Crippen molar-refractivity contribution in [2.24, 2.45) is 0 Å². The highest BCUT2D eigenvalue weighted by Crippen LogP contribution is 2.13. The zero-order valence-corrected chi connectivity index (χ0v) is 11.5. The molecule has 1 N–H and O–H groups in total. The second kappa shape index (κ2) is 6.37. The second-order valence-electron chi connectivity index (χ2n) is 3.86. The number of aryl methyl sites for hydroxylation is 1. The lowest BCUT2D eigenvalue weighted by atomic mass is 10.4. The van der Waals surface area contributed by atoms with Crippen LogP contribution in [0.15, 0.2) is 10.6 Å². The van der Waals surface area contributed by atoms with Gasteiger partial charge in [-0.2, -0.15) is 0 Å². The van der Waals surface area contributed by atoms with Gasteiger partial charge in [-0.15, -0.1) is 11.6 Å². The first-order chi connectivity index (χ1) is 7.94. The molecule has 1 unspecified atom stereocenters. The Balaban J connectivity index is 2.52. The van der Waals surface area contributed by atoms with E-state index in [4.69, 9.17) is 16.0 Å². The molecular weight excluding hydrogens is 264 g/mol. The Morgan fingerprint density at radius 1 is 1.53 bits per heavy atom. The van der Waals surface area contributed by atoms with Gasteiger partial charge in [0, 0.05) is 5.88 Å². The van der Waals surface area contributed by atoms with Crippen molar-refractivity contribution < 1.29 is 12.8 Å². The Kier molecular flexibility index (Phi) is 5.42. The van der Waals surface area contributed by atoms with Crippen LogP contribution >= 0.6 is 11.6 Å². The van der Waals surface area contributed by atoms with Crippen molar-refractivity contribution in [3.05, 3.63) is 17.8 Å². The molecule has 1 aromatic rings. The van der Waals surface area contributed by atoms with Gasteiger partial charge >= 0.3 is 0 Å². The third-order valence-electron chi connectivity index (χ3n) is 2.16. The lowest BCUT2D eigenvalue weighted by molar-refractivity contribution is 0.427. The van der Waals surface area contributed by atoms with E-state index in [1.165, 1.54) is 0 Å². The van der Waals surface area contributed by atoms with Crippen molar-refractivity contribution in [2.75, 3.05) is 11.6 Å². The van der Waals surface area contributed by atoms with E-state index in [2.05, 4.69) is 9.71 Å². The number of hydrogen-bond acceptors (Lipinski definition) is 4. The summed E-state index contributed by atoms with van der Waals surface area (Å²) < 4.78 is 31.1. The lowest BCUT2D eigenvalue weighted by Gasteiger charge is -2.10. The SMILES string of the molecule is Cc1cnc(C(C)NS(=O)(=O)CCCCCl)o1. The highest BCUT2D eigenvalue weighted by Gasteiger charge is 2.18. The van der Waals surface area contributed by atoms with Crippen LogP contribution < -0.4 is 4.72 Å². The summed E-state index contributed by atoms with van der Waals surface area (Å²) in [4.78, 5) is 3.98. The van der Waals surface area contributed by atoms with Crippen LogP contribution in [0.25, 0.3) is 0 Å². The van der Waals surface area contributed by atoms with E-state index >= 15 is 0 Å². The Morgan fingerprint density at radius 2 is 2.24 bits per heavy atom. The highest BCUT2D eigenvalue weighted by molar-refractivity contribution is 7.89. The monoisotopic (exact) mass is 280 g/mol. The fourth-order valence-electron chi connectivity index (χ4n) is 1.34. The molecule has 17 heavy (non-hydrogen) atoms. The molecule has 0 radical (unpaired) electrons. The van der Waals surface area contributed by atoms with Crippen LogP contribution in [0, 0.1) is 6.92 Å². The molecule has 1 rings (SSSR count). The van der Waals surface area contributed by atoms with E-state index < -0.39 is 16.1 Å². The van der Waals surface area contributed by atoms with Crippen LogP contribution in [0.3, 0.4) is 0 Å². The molecular formula is C10H17ClN2O3S. The number of oxazole rings is 1. The van der Waals surface area contributed by atoms with Gasteiger partial charge in [-0.3, -0.25) is 0 Å². The molecule has 0 spiro atoms. The number of rotatable bonds is 7. The van der Waals surface area contributed by atoms with E-state index in [0.29, 0.717) is 30.4 Å². The number of unbranched alkanes of at least 4 members (excludes halogenated alkanes) is 1. The largest absolute Gasteiger partial charge is 0.444 e. The molecule has 0 aliphatic rings. The van der Waals surface area contributed by atoms with Crippen LogP contribution in [-0.4, -0.2) is 25.0 Å². The van der Waals surface area contributed by atoms with Crippen molar-refractivity contribution >= 4 is 21.6 Å². The second-order valence-corrected chi connectivity index (χ2v) is 6.12. The molecule has 1 atom stereocenters. The highest BCUT2D eigenvalue weighted by atomic mass is 35.5. The van der Waals surface area contributed by atoms with E-state index in [1.54, 1.807) is 20.0 Å². The Bertz CT molecular complexity index is 444. The van der Waals surface area contributed by atoms with Crippen LogP contribution in [-0.2, 0) is 10.0 Å². The maximum Gasteiger partial charge on any atom is 0.212 e. The predicted octanol–water partition coefficient (Wildman–Crippen LogP) is 1.98. The van der Waals surface area contributed by atoms with E-state index in [0.717, 1.165) is 0 Å². The molecule has 1 heterocycles. The molecule has 0 aliphatic heterocycles. The van der Waals surface area contributed by atoms with Gasteiger partial charge < -0.3 is 4.42 Å². The quantitative estimate of drug-likeness (QED) is 0.612. The molecule has 0 aliphatic carbocycles. The summed E-state index contributed by atoms with van der Waals surface area (Å²) in [5, 5.41) is 0. The maximum atomic E-state index is 11.7. The van der Waals surface area contributed by atoms with Crippen molar-refractivity contribution in [3.8, 4) is 0 Å². The van der Waals surface area contributed by atoms with Crippen LogP contribution in [0.1, 0.15) is 37.5 Å². The van der Waals surface area contributed by atoms with Gasteiger partial charge in [0.05, 0.1) is 18.0 Å². The summed E-state index contributed by atoms with van der Waals surface area (Å²) in [6.45, 7) is 3.46. The molecule has 0 fully saturated rings. The lowest BCUT2D eigenvalue weighted by Crippen LogP contribution is -2.29. The number of aromatic nitrogens is 1. The number of halogens is 1. The van der Waals surface area contributed by atoms with Crippen molar-refractivity contribution in [1.82, 2.24) is 9.71 Å². The molecule has 98 valence electrons. The first kappa shape index (κ1) is 14.5. The van der Waals surface area contributed by atoms with Gasteiger partial charge in [0.2, 0.25) is 15.9 Å². The zero-order valence-electron chi connectivity index (χ0n) is 9.94. The van der Waals surface area contributed by atoms with Gasteiger partial charge in [0.25, 0.3) is 0 Å². The fraction of sp³-hybridized carbons (Fsp3) is 0.700. The van der Waals surface area contributed by atoms with Gasteiger partial charge in [0.15, 0.2) is 0 Å². The third-order valence-corrected chi connectivity index (χ3v) is 3.97. The summed E-state index contributed by atoms with van der Waals surface area (Å²) in [6, 6.07) is -0.454. The Morgan fingerprint density at radius 3 is 2.76 bits per heavy atom. The minimum atomic E-state index is -3.30. The van der Waals surface area contributed by atoms with Gasteiger partial charge in [-0.05, 0) is 26.7 Å². The zero-order chi connectivity index (χ0) is 12.9. The fourth-order valence-corrected chi connectivity index (χ4v) is 2.87. The topological polar surface area (TPSA) is 72.2 Å². The number of hydrogen-bond donors (Lipinski definition) is 1. The maximum absolute atomic E-state index is 11.7. The number of alkyl halides is 1. The summed E-state index contributed by atoms with van der Waals surface area (Å²) in [7, 11) is -3.30. The number of sulfonamides is 1. The molecule has 0 aromatic carbocycles. The normalized spacial score (nSPS) is 13.8. The van der Waals surface area contributed by atoms with E-state index in [1.807, 2.05) is 0 Å². The molecule has 0 saturated carbocycles. The van der Waals surface area contributed by atoms with Gasteiger partial charge in [-0.25, -0.2) is 18.1 Å². The average molecular weight is 281 g/mol. The van der Waals surface area contributed by atoms with Crippen LogP contribution in [0.2, 0.25) is 0 Å². The van der Waals surface area contributed by atoms with Crippen LogP contribution in [0.4, 0.5) is 0 Å². The van der Waals surface area contributed by atoms with Crippen molar-refractivity contribution in [3.63, 3.8) is 0 Å². The minimum Gasteiger partial charge on any atom is -0.444 e. The smallest absolute Gasteiger partial charge is 0.212 e.